The topological polar surface area (TPSA) is 90.9 Å². The molecule has 1 atom stereocenters. The highest BCUT2D eigenvalue weighted by atomic mass is 16.5. The Morgan fingerprint density at radius 1 is 1.45 bits per heavy atom. The Balaban J connectivity index is 1.79. The SMILES string of the molecule is COc1cccc(N2CCC(NC(=O)NCCC(=O)O)C2)c1. The second-order valence-electron chi connectivity index (χ2n) is 5.18. The number of urea groups is 1. The van der Waals surface area contributed by atoms with Gasteiger partial charge in [0.25, 0.3) is 0 Å². The Bertz CT molecular complexity index is 535. The van der Waals surface area contributed by atoms with Crippen LogP contribution in [0.2, 0.25) is 0 Å². The Morgan fingerprint density at radius 3 is 3.00 bits per heavy atom. The fourth-order valence-electron chi connectivity index (χ4n) is 2.44. The zero-order chi connectivity index (χ0) is 15.9. The number of carbonyl (C=O) groups is 2. The van der Waals surface area contributed by atoms with Crippen molar-refractivity contribution in [2.45, 2.75) is 18.9 Å². The molecule has 0 aromatic heterocycles. The first-order valence-corrected chi connectivity index (χ1v) is 7.23. The molecule has 2 amide bonds. The van der Waals surface area contributed by atoms with E-state index in [0.29, 0.717) is 0 Å². The maximum absolute atomic E-state index is 11.7. The first kappa shape index (κ1) is 15.9. The van der Waals surface area contributed by atoms with Gasteiger partial charge in [0.1, 0.15) is 5.75 Å². The molecule has 1 aliphatic rings. The van der Waals surface area contributed by atoms with Crippen molar-refractivity contribution in [3.05, 3.63) is 24.3 Å². The normalized spacial score (nSPS) is 17.1. The largest absolute Gasteiger partial charge is 0.497 e. The van der Waals surface area contributed by atoms with Gasteiger partial charge >= 0.3 is 12.0 Å². The van der Waals surface area contributed by atoms with Crippen molar-refractivity contribution in [2.24, 2.45) is 0 Å². The molecule has 2 rings (SSSR count). The molecular formula is C15H21N3O4. The predicted molar refractivity (Wildman–Crippen MR) is 82.4 cm³/mol. The van der Waals surface area contributed by atoms with E-state index in [1.54, 1.807) is 7.11 Å². The van der Waals surface area contributed by atoms with Crippen molar-refractivity contribution >= 4 is 17.7 Å². The van der Waals surface area contributed by atoms with Crippen LogP contribution in [0.4, 0.5) is 10.5 Å². The van der Waals surface area contributed by atoms with E-state index in [1.165, 1.54) is 0 Å². The number of carbonyl (C=O) groups excluding carboxylic acids is 1. The minimum absolute atomic E-state index is 0.0519. The van der Waals surface area contributed by atoms with Gasteiger partial charge in [0, 0.05) is 37.4 Å². The molecule has 1 heterocycles. The molecule has 1 aromatic rings. The lowest BCUT2D eigenvalue weighted by Crippen LogP contribution is -2.43. The number of carboxylic acids is 1. The smallest absolute Gasteiger partial charge is 0.315 e. The van der Waals surface area contributed by atoms with Gasteiger partial charge in [0.05, 0.1) is 13.5 Å². The van der Waals surface area contributed by atoms with Gasteiger partial charge in [-0.05, 0) is 18.6 Å². The number of benzene rings is 1. The fourth-order valence-corrected chi connectivity index (χ4v) is 2.44. The van der Waals surface area contributed by atoms with Crippen LogP contribution in [0.15, 0.2) is 24.3 Å². The number of hydrogen-bond acceptors (Lipinski definition) is 4. The Hall–Kier alpha value is -2.44. The minimum Gasteiger partial charge on any atom is -0.497 e. The first-order valence-electron chi connectivity index (χ1n) is 7.23. The molecule has 0 radical (unpaired) electrons. The number of hydrogen-bond donors (Lipinski definition) is 3. The maximum atomic E-state index is 11.7. The lowest BCUT2D eigenvalue weighted by molar-refractivity contribution is -0.136. The van der Waals surface area contributed by atoms with E-state index in [-0.39, 0.29) is 25.0 Å². The summed E-state index contributed by atoms with van der Waals surface area (Å²) in [5.41, 5.74) is 1.06. The van der Waals surface area contributed by atoms with Crippen LogP contribution in [0.5, 0.6) is 5.75 Å². The molecule has 1 fully saturated rings. The molecule has 7 nitrogen and oxygen atoms in total. The molecular weight excluding hydrogens is 286 g/mol. The van der Waals surface area contributed by atoms with Gasteiger partial charge in [-0.3, -0.25) is 4.79 Å². The van der Waals surface area contributed by atoms with Crippen LogP contribution in [0.25, 0.3) is 0 Å². The highest BCUT2D eigenvalue weighted by molar-refractivity contribution is 5.75. The summed E-state index contributed by atoms with van der Waals surface area (Å²) < 4.78 is 5.22. The van der Waals surface area contributed by atoms with E-state index >= 15 is 0 Å². The summed E-state index contributed by atoms with van der Waals surface area (Å²) in [6.45, 7) is 1.71. The second-order valence-corrected chi connectivity index (χ2v) is 5.18. The molecule has 7 heteroatoms. The van der Waals surface area contributed by atoms with Crippen molar-refractivity contribution < 1.29 is 19.4 Å². The minimum atomic E-state index is -0.926. The van der Waals surface area contributed by atoms with Gasteiger partial charge in [0.2, 0.25) is 0 Å². The summed E-state index contributed by atoms with van der Waals surface area (Å²) >= 11 is 0. The summed E-state index contributed by atoms with van der Waals surface area (Å²) in [5, 5.41) is 13.9. The molecule has 1 aliphatic heterocycles. The van der Waals surface area contributed by atoms with Crippen LogP contribution in [-0.4, -0.2) is 49.9 Å². The Kier molecular flexibility index (Phi) is 5.46. The average molecular weight is 307 g/mol. The van der Waals surface area contributed by atoms with Gasteiger partial charge in [-0.1, -0.05) is 6.07 Å². The van der Waals surface area contributed by atoms with Gasteiger partial charge < -0.3 is 25.4 Å². The van der Waals surface area contributed by atoms with Crippen molar-refractivity contribution in [2.75, 3.05) is 31.6 Å². The molecule has 22 heavy (non-hydrogen) atoms. The van der Waals surface area contributed by atoms with Gasteiger partial charge in [-0.15, -0.1) is 0 Å². The second kappa shape index (κ2) is 7.53. The zero-order valence-electron chi connectivity index (χ0n) is 12.5. The number of nitrogens with zero attached hydrogens (tertiary/aromatic N) is 1. The molecule has 3 N–H and O–H groups in total. The van der Waals surface area contributed by atoms with Gasteiger partial charge in [-0.25, -0.2) is 4.79 Å². The monoisotopic (exact) mass is 307 g/mol. The van der Waals surface area contributed by atoms with E-state index in [0.717, 1.165) is 30.9 Å². The van der Waals surface area contributed by atoms with Crippen molar-refractivity contribution in [1.82, 2.24) is 10.6 Å². The van der Waals surface area contributed by atoms with Crippen molar-refractivity contribution in [3.8, 4) is 5.75 Å². The summed E-state index contributed by atoms with van der Waals surface area (Å²) in [6, 6.07) is 7.54. The van der Waals surface area contributed by atoms with Crippen molar-refractivity contribution in [3.63, 3.8) is 0 Å². The fraction of sp³-hybridized carbons (Fsp3) is 0.467. The zero-order valence-corrected chi connectivity index (χ0v) is 12.5. The molecule has 1 unspecified atom stereocenters. The quantitative estimate of drug-likeness (QED) is 0.731. The number of carboxylic acid groups (broad SMARTS) is 1. The highest BCUT2D eigenvalue weighted by Gasteiger charge is 2.24. The molecule has 1 saturated heterocycles. The van der Waals surface area contributed by atoms with Crippen molar-refractivity contribution in [1.29, 1.82) is 0 Å². The number of aliphatic carboxylic acids is 1. The Morgan fingerprint density at radius 2 is 2.27 bits per heavy atom. The summed E-state index contributed by atoms with van der Waals surface area (Å²) in [7, 11) is 1.63. The number of amides is 2. The van der Waals surface area contributed by atoms with Crippen LogP contribution >= 0.6 is 0 Å². The van der Waals surface area contributed by atoms with Gasteiger partial charge in [-0.2, -0.15) is 0 Å². The molecule has 0 bridgehead atoms. The molecule has 0 aliphatic carbocycles. The van der Waals surface area contributed by atoms with Gasteiger partial charge in [0.15, 0.2) is 0 Å². The van der Waals surface area contributed by atoms with E-state index in [1.807, 2.05) is 24.3 Å². The molecule has 120 valence electrons. The predicted octanol–water partition coefficient (Wildman–Crippen LogP) is 1.05. The maximum Gasteiger partial charge on any atom is 0.315 e. The number of rotatable bonds is 6. The number of nitrogens with one attached hydrogen (secondary N) is 2. The Labute approximate surface area is 129 Å². The van der Waals surface area contributed by atoms with Crippen LogP contribution in [0.3, 0.4) is 0 Å². The van der Waals surface area contributed by atoms with Crippen LogP contribution in [-0.2, 0) is 4.79 Å². The van der Waals surface area contributed by atoms with E-state index < -0.39 is 5.97 Å². The lowest BCUT2D eigenvalue weighted by atomic mass is 10.2. The third kappa shape index (κ3) is 4.54. The van der Waals surface area contributed by atoms with Crippen LogP contribution in [0.1, 0.15) is 12.8 Å². The molecule has 0 saturated carbocycles. The van der Waals surface area contributed by atoms with E-state index in [2.05, 4.69) is 15.5 Å². The van der Waals surface area contributed by atoms with E-state index in [9.17, 15) is 9.59 Å². The molecule has 0 spiro atoms. The third-order valence-electron chi connectivity index (χ3n) is 3.57. The summed E-state index contributed by atoms with van der Waals surface area (Å²) in [6.07, 6.45) is 0.775. The number of ether oxygens (including phenoxy) is 1. The van der Waals surface area contributed by atoms with Crippen LogP contribution in [0, 0.1) is 0 Å². The standard InChI is InChI=1S/C15H21N3O4/c1-22-13-4-2-3-12(9-13)18-8-6-11(10-18)17-15(21)16-7-5-14(19)20/h2-4,9,11H,5-8,10H2,1H3,(H,19,20)(H2,16,17,21). The first-order chi connectivity index (χ1) is 10.6. The number of anilines is 1. The highest BCUT2D eigenvalue weighted by Crippen LogP contribution is 2.24. The number of methoxy groups -OCH3 is 1. The third-order valence-corrected chi connectivity index (χ3v) is 3.57. The van der Waals surface area contributed by atoms with E-state index in [4.69, 9.17) is 9.84 Å². The summed E-state index contributed by atoms with van der Waals surface area (Å²) in [4.78, 5) is 24.2. The lowest BCUT2D eigenvalue weighted by Gasteiger charge is -2.19. The molecule has 1 aromatic carbocycles. The van der Waals surface area contributed by atoms with Crippen LogP contribution < -0.4 is 20.3 Å². The average Bonchev–Trinajstić information content (AvgIpc) is 2.95. The summed E-state index contributed by atoms with van der Waals surface area (Å²) in [5.74, 6) is -0.120.